The average Bonchev–Trinajstić information content (AvgIpc) is 2.52. The second-order valence-electron chi connectivity index (χ2n) is 6.20. The van der Waals surface area contributed by atoms with Crippen molar-refractivity contribution in [2.24, 2.45) is 5.92 Å². The summed E-state index contributed by atoms with van der Waals surface area (Å²) in [6.07, 6.45) is 1.83. The summed E-state index contributed by atoms with van der Waals surface area (Å²) < 4.78 is 5.87. The Morgan fingerprint density at radius 2 is 2.04 bits per heavy atom. The van der Waals surface area contributed by atoms with Gasteiger partial charge in [0.15, 0.2) is 6.10 Å². The molecule has 1 aliphatic rings. The van der Waals surface area contributed by atoms with Crippen LogP contribution in [0.5, 0.6) is 5.75 Å². The molecule has 1 aliphatic heterocycles. The van der Waals surface area contributed by atoms with Gasteiger partial charge in [-0.3, -0.25) is 9.59 Å². The number of hydrogen-bond donors (Lipinski definition) is 1. The molecule has 1 N–H and O–H groups in total. The number of hydrogen-bond acceptors (Lipinski definition) is 3. The first-order chi connectivity index (χ1) is 11.0. The van der Waals surface area contributed by atoms with E-state index < -0.39 is 12.1 Å². The lowest BCUT2D eigenvalue weighted by Gasteiger charge is -2.33. The van der Waals surface area contributed by atoms with E-state index in [0.29, 0.717) is 25.3 Å². The van der Waals surface area contributed by atoms with Gasteiger partial charge < -0.3 is 14.7 Å². The lowest BCUT2D eigenvalue weighted by molar-refractivity contribution is -0.141. The Bertz CT molecular complexity index is 550. The highest BCUT2D eigenvalue weighted by Crippen LogP contribution is 2.22. The van der Waals surface area contributed by atoms with E-state index in [4.69, 9.17) is 9.84 Å². The number of benzene rings is 1. The van der Waals surface area contributed by atoms with Crippen LogP contribution in [0.1, 0.15) is 38.2 Å². The van der Waals surface area contributed by atoms with Crippen molar-refractivity contribution in [2.75, 3.05) is 13.1 Å². The number of piperidine rings is 1. The zero-order chi connectivity index (χ0) is 16.8. The van der Waals surface area contributed by atoms with Crippen LogP contribution in [0.4, 0.5) is 0 Å². The Kier molecular flexibility index (Phi) is 6.02. The van der Waals surface area contributed by atoms with Gasteiger partial charge in [0.05, 0.1) is 0 Å². The molecule has 2 rings (SSSR count). The summed E-state index contributed by atoms with van der Waals surface area (Å²) in [4.78, 5) is 25.2. The van der Waals surface area contributed by atoms with E-state index >= 15 is 0 Å². The third-order valence-electron chi connectivity index (χ3n) is 4.30. The van der Waals surface area contributed by atoms with Crippen LogP contribution in [0, 0.1) is 12.8 Å². The van der Waals surface area contributed by atoms with Crippen LogP contribution in [0.3, 0.4) is 0 Å². The Hall–Kier alpha value is -2.04. The largest absolute Gasteiger partial charge is 0.481 e. The first-order valence-electron chi connectivity index (χ1n) is 8.23. The normalized spacial score (nSPS) is 16.9. The summed E-state index contributed by atoms with van der Waals surface area (Å²) in [5.41, 5.74) is 1.10. The smallest absolute Gasteiger partial charge is 0.303 e. The SMILES string of the molecule is CCC(Oc1cccc(C)c1)C(=O)N1CCC(CC(=O)O)CC1. The first kappa shape index (κ1) is 17.3. The maximum Gasteiger partial charge on any atom is 0.303 e. The minimum absolute atomic E-state index is 0.00258. The molecule has 1 fully saturated rings. The van der Waals surface area contributed by atoms with Gasteiger partial charge in [-0.2, -0.15) is 0 Å². The van der Waals surface area contributed by atoms with E-state index in [9.17, 15) is 9.59 Å². The summed E-state index contributed by atoms with van der Waals surface area (Å²) in [6.45, 7) is 5.16. The van der Waals surface area contributed by atoms with Crippen molar-refractivity contribution in [3.8, 4) is 5.75 Å². The fourth-order valence-corrected chi connectivity index (χ4v) is 2.97. The molecule has 5 nitrogen and oxygen atoms in total. The van der Waals surface area contributed by atoms with Gasteiger partial charge in [0.1, 0.15) is 5.75 Å². The lowest BCUT2D eigenvalue weighted by atomic mass is 9.93. The number of carbonyl (C=O) groups excluding carboxylic acids is 1. The van der Waals surface area contributed by atoms with Gasteiger partial charge in [0.2, 0.25) is 0 Å². The van der Waals surface area contributed by atoms with Crippen molar-refractivity contribution in [3.63, 3.8) is 0 Å². The molecule has 0 saturated carbocycles. The van der Waals surface area contributed by atoms with Gasteiger partial charge >= 0.3 is 5.97 Å². The Labute approximate surface area is 137 Å². The molecule has 0 spiro atoms. The number of ether oxygens (including phenoxy) is 1. The molecule has 1 aromatic carbocycles. The Morgan fingerprint density at radius 3 is 2.61 bits per heavy atom. The van der Waals surface area contributed by atoms with Crippen LogP contribution in [-0.2, 0) is 9.59 Å². The molecular weight excluding hydrogens is 294 g/mol. The standard InChI is InChI=1S/C18H25NO4/c1-3-16(23-15-6-4-5-13(2)11-15)18(22)19-9-7-14(8-10-19)12-17(20)21/h4-6,11,14,16H,3,7-10,12H2,1-2H3,(H,20,21). The summed E-state index contributed by atoms with van der Waals surface area (Å²) in [6, 6.07) is 7.69. The number of nitrogens with zero attached hydrogens (tertiary/aromatic N) is 1. The van der Waals surface area contributed by atoms with Gasteiger partial charge in [-0.25, -0.2) is 0 Å². The number of likely N-dealkylation sites (tertiary alicyclic amines) is 1. The molecule has 1 atom stereocenters. The highest BCUT2D eigenvalue weighted by Gasteiger charge is 2.29. The average molecular weight is 319 g/mol. The monoisotopic (exact) mass is 319 g/mol. The highest BCUT2D eigenvalue weighted by atomic mass is 16.5. The maximum absolute atomic E-state index is 12.6. The van der Waals surface area contributed by atoms with E-state index in [1.54, 1.807) is 0 Å². The van der Waals surface area contributed by atoms with E-state index in [-0.39, 0.29) is 18.2 Å². The minimum atomic E-state index is -0.760. The molecule has 1 amide bonds. The Balaban J connectivity index is 1.91. The summed E-state index contributed by atoms with van der Waals surface area (Å²) >= 11 is 0. The molecule has 5 heteroatoms. The predicted molar refractivity (Wildman–Crippen MR) is 87.4 cm³/mol. The number of aryl methyl sites for hydroxylation is 1. The minimum Gasteiger partial charge on any atom is -0.481 e. The quantitative estimate of drug-likeness (QED) is 0.875. The third-order valence-corrected chi connectivity index (χ3v) is 4.30. The zero-order valence-electron chi connectivity index (χ0n) is 13.8. The van der Waals surface area contributed by atoms with Gasteiger partial charge in [0.25, 0.3) is 5.91 Å². The van der Waals surface area contributed by atoms with Crippen molar-refractivity contribution in [2.45, 2.75) is 45.6 Å². The lowest BCUT2D eigenvalue weighted by Crippen LogP contribution is -2.45. The van der Waals surface area contributed by atoms with Crippen LogP contribution in [-0.4, -0.2) is 41.1 Å². The van der Waals surface area contributed by atoms with E-state index in [1.807, 2.05) is 43.0 Å². The van der Waals surface area contributed by atoms with Crippen LogP contribution in [0.25, 0.3) is 0 Å². The molecule has 0 radical (unpaired) electrons. The maximum atomic E-state index is 12.6. The van der Waals surface area contributed by atoms with Crippen molar-refractivity contribution in [1.29, 1.82) is 0 Å². The van der Waals surface area contributed by atoms with Gasteiger partial charge in [0, 0.05) is 19.5 Å². The summed E-state index contributed by atoms with van der Waals surface area (Å²) in [7, 11) is 0. The number of carboxylic acids is 1. The molecule has 1 saturated heterocycles. The number of aliphatic carboxylic acids is 1. The van der Waals surface area contributed by atoms with Gasteiger partial charge in [-0.05, 0) is 49.8 Å². The molecule has 1 aromatic rings. The third kappa shape index (κ3) is 4.98. The molecule has 126 valence electrons. The highest BCUT2D eigenvalue weighted by molar-refractivity contribution is 5.81. The van der Waals surface area contributed by atoms with Crippen LogP contribution >= 0.6 is 0 Å². The van der Waals surface area contributed by atoms with Gasteiger partial charge in [-0.1, -0.05) is 19.1 Å². The van der Waals surface area contributed by atoms with Crippen molar-refractivity contribution < 1.29 is 19.4 Å². The van der Waals surface area contributed by atoms with Crippen molar-refractivity contribution >= 4 is 11.9 Å². The molecule has 1 unspecified atom stereocenters. The molecule has 0 aromatic heterocycles. The first-order valence-corrected chi connectivity index (χ1v) is 8.23. The Morgan fingerprint density at radius 1 is 1.35 bits per heavy atom. The molecule has 23 heavy (non-hydrogen) atoms. The summed E-state index contributed by atoms with van der Waals surface area (Å²) in [5.74, 6) is 0.132. The number of carbonyl (C=O) groups is 2. The van der Waals surface area contributed by atoms with Gasteiger partial charge in [-0.15, -0.1) is 0 Å². The van der Waals surface area contributed by atoms with E-state index in [1.165, 1.54) is 0 Å². The topological polar surface area (TPSA) is 66.8 Å². The second-order valence-corrected chi connectivity index (χ2v) is 6.20. The van der Waals surface area contributed by atoms with Crippen molar-refractivity contribution in [3.05, 3.63) is 29.8 Å². The molecule has 1 heterocycles. The fraction of sp³-hybridized carbons (Fsp3) is 0.556. The number of rotatable bonds is 6. The zero-order valence-corrected chi connectivity index (χ0v) is 13.8. The van der Waals surface area contributed by atoms with Crippen LogP contribution in [0.15, 0.2) is 24.3 Å². The van der Waals surface area contributed by atoms with Crippen LogP contribution in [0.2, 0.25) is 0 Å². The van der Waals surface area contributed by atoms with E-state index in [0.717, 1.165) is 18.4 Å². The van der Waals surface area contributed by atoms with Crippen LogP contribution < -0.4 is 4.74 Å². The molecule has 0 aliphatic carbocycles. The van der Waals surface area contributed by atoms with Crippen molar-refractivity contribution in [1.82, 2.24) is 4.90 Å². The summed E-state index contributed by atoms with van der Waals surface area (Å²) in [5, 5.41) is 8.85. The number of amides is 1. The number of carboxylic acid groups (broad SMARTS) is 1. The molecular formula is C18H25NO4. The van der Waals surface area contributed by atoms with E-state index in [2.05, 4.69) is 0 Å². The second kappa shape index (κ2) is 7.99. The fourth-order valence-electron chi connectivity index (χ4n) is 2.97. The predicted octanol–water partition coefficient (Wildman–Crippen LogP) is 2.87. The molecule has 0 bridgehead atoms.